The molecule has 6 heavy (non-hydrogen) atoms. The summed E-state index contributed by atoms with van der Waals surface area (Å²) in [6, 6.07) is 0. The first-order chi connectivity index (χ1) is 2.27. The van der Waals surface area contributed by atoms with Crippen LogP contribution in [-0.4, -0.2) is 10.7 Å². The van der Waals surface area contributed by atoms with E-state index >= 15 is 0 Å². The summed E-state index contributed by atoms with van der Waals surface area (Å²) in [6.07, 6.45) is 0. The Morgan fingerprint density at radius 1 is 1.33 bits per heavy atom. The van der Waals surface area contributed by atoms with Gasteiger partial charge in [-0.25, -0.2) is 0 Å². The van der Waals surface area contributed by atoms with Crippen LogP contribution in [0, 0.1) is 0 Å². The van der Waals surface area contributed by atoms with E-state index in [2.05, 4.69) is 0 Å². The first-order valence-electron chi connectivity index (χ1n) is 1.11. The van der Waals surface area contributed by atoms with Gasteiger partial charge in [0.1, 0.15) is 4.84 Å². The molecule has 0 aromatic carbocycles. The van der Waals surface area contributed by atoms with Gasteiger partial charge in [-0.3, -0.25) is 4.70 Å². The standard InChI is InChI=1S/C2H3Cl3.FH/c3-1-2(4)5;/h2H,1H2;1H. The highest BCUT2D eigenvalue weighted by molar-refractivity contribution is 6.47. The Bertz CT molecular complexity index is 22.8. The second-order valence-corrected chi connectivity index (χ2v) is 2.13. The molecule has 0 N–H and O–H groups in total. The highest BCUT2D eigenvalue weighted by atomic mass is 35.5. The number of halogens is 4. The minimum Gasteiger partial charge on any atom is -0.269 e. The molecule has 0 spiro atoms. The average Bonchev–Trinajstić information content (AvgIpc) is 1.38. The molecule has 0 aromatic heterocycles. The minimum absolute atomic E-state index is 0. The largest absolute Gasteiger partial charge is 0.269 e. The number of hydrogen-bond acceptors (Lipinski definition) is 0. The quantitative estimate of drug-likeness (QED) is 0.507. The second-order valence-electron chi connectivity index (χ2n) is 0.545. The van der Waals surface area contributed by atoms with Gasteiger partial charge in [0.25, 0.3) is 0 Å². The van der Waals surface area contributed by atoms with Crippen LogP contribution in [0.15, 0.2) is 0 Å². The van der Waals surface area contributed by atoms with Crippen molar-refractivity contribution in [1.82, 2.24) is 0 Å². The van der Waals surface area contributed by atoms with Crippen LogP contribution in [0.4, 0.5) is 4.70 Å². The Balaban J connectivity index is 0. The predicted molar refractivity (Wildman–Crippen MR) is 28.7 cm³/mol. The van der Waals surface area contributed by atoms with Gasteiger partial charge in [0.15, 0.2) is 0 Å². The van der Waals surface area contributed by atoms with E-state index in [-0.39, 0.29) is 4.70 Å². The van der Waals surface area contributed by atoms with Crippen molar-refractivity contribution < 1.29 is 4.70 Å². The highest BCUT2D eigenvalue weighted by Crippen LogP contribution is 2.01. The van der Waals surface area contributed by atoms with Crippen LogP contribution >= 0.6 is 34.8 Å². The summed E-state index contributed by atoms with van der Waals surface area (Å²) >= 11 is 15.3. The van der Waals surface area contributed by atoms with Crippen molar-refractivity contribution in [2.45, 2.75) is 4.84 Å². The van der Waals surface area contributed by atoms with Gasteiger partial charge in [-0.2, -0.15) is 0 Å². The van der Waals surface area contributed by atoms with E-state index in [4.69, 9.17) is 34.8 Å². The molecule has 0 saturated carbocycles. The van der Waals surface area contributed by atoms with Crippen molar-refractivity contribution >= 4 is 34.8 Å². The van der Waals surface area contributed by atoms with Crippen molar-refractivity contribution in [1.29, 1.82) is 0 Å². The molecule has 0 atom stereocenters. The van der Waals surface area contributed by atoms with Crippen LogP contribution in [0.25, 0.3) is 0 Å². The van der Waals surface area contributed by atoms with E-state index in [0.717, 1.165) is 0 Å². The third-order valence-corrected chi connectivity index (χ3v) is 1.05. The van der Waals surface area contributed by atoms with Crippen LogP contribution < -0.4 is 0 Å². The van der Waals surface area contributed by atoms with Crippen molar-refractivity contribution in [3.8, 4) is 0 Å². The molecule has 0 radical (unpaired) electrons. The Hall–Kier alpha value is 0.800. The zero-order valence-corrected chi connectivity index (χ0v) is 5.09. The molecule has 0 aromatic rings. The van der Waals surface area contributed by atoms with E-state index in [9.17, 15) is 0 Å². The van der Waals surface area contributed by atoms with Gasteiger partial charge in [-0.15, -0.1) is 34.8 Å². The fourth-order valence-corrected chi connectivity index (χ4v) is 0. The molecule has 0 saturated heterocycles. The smallest absolute Gasteiger partial charge is 0.121 e. The van der Waals surface area contributed by atoms with Crippen molar-refractivity contribution in [3.05, 3.63) is 0 Å². The Labute approximate surface area is 50.7 Å². The predicted octanol–water partition coefficient (Wildman–Crippen LogP) is 2.18. The molecule has 0 amide bonds. The van der Waals surface area contributed by atoms with Gasteiger partial charge in [-0.1, -0.05) is 0 Å². The van der Waals surface area contributed by atoms with Gasteiger partial charge in [-0.05, 0) is 0 Å². The van der Waals surface area contributed by atoms with Crippen LogP contribution in [-0.2, 0) is 0 Å². The topological polar surface area (TPSA) is 0 Å². The van der Waals surface area contributed by atoms with E-state index < -0.39 is 4.84 Å². The molecular weight excluding hydrogens is 149 g/mol. The van der Waals surface area contributed by atoms with E-state index in [1.54, 1.807) is 0 Å². The third-order valence-electron chi connectivity index (χ3n) is 0.117. The molecule has 0 unspecified atom stereocenters. The lowest BCUT2D eigenvalue weighted by atomic mass is 10.9. The lowest BCUT2D eigenvalue weighted by Crippen LogP contribution is -1.82. The van der Waals surface area contributed by atoms with Gasteiger partial charge in [0.05, 0.1) is 5.88 Å². The Kier molecular flexibility index (Phi) is 9.60. The fraction of sp³-hybridized carbons (Fsp3) is 1.00. The summed E-state index contributed by atoms with van der Waals surface area (Å²) < 4.78 is 0. The van der Waals surface area contributed by atoms with Crippen LogP contribution in [0.3, 0.4) is 0 Å². The first-order valence-corrected chi connectivity index (χ1v) is 2.52. The minimum atomic E-state index is -0.406. The van der Waals surface area contributed by atoms with Gasteiger partial charge >= 0.3 is 0 Å². The van der Waals surface area contributed by atoms with Crippen LogP contribution in [0.1, 0.15) is 0 Å². The lowest BCUT2D eigenvalue weighted by Gasteiger charge is -1.82. The fourth-order valence-electron chi connectivity index (χ4n) is 0. The zero-order chi connectivity index (χ0) is 4.28. The van der Waals surface area contributed by atoms with E-state index in [1.807, 2.05) is 0 Å². The molecule has 0 nitrogen and oxygen atoms in total. The number of alkyl halides is 3. The zero-order valence-electron chi connectivity index (χ0n) is 2.83. The summed E-state index contributed by atoms with van der Waals surface area (Å²) in [6.45, 7) is 0. The second kappa shape index (κ2) is 5.80. The maximum atomic E-state index is 5.10. The molecule has 0 heterocycles. The third kappa shape index (κ3) is 8.84. The average molecular weight is 153 g/mol. The van der Waals surface area contributed by atoms with Gasteiger partial charge in [0.2, 0.25) is 0 Å². The lowest BCUT2D eigenvalue weighted by molar-refractivity contribution is 1.11. The summed E-state index contributed by atoms with van der Waals surface area (Å²) in [7, 11) is 0. The molecule has 4 heteroatoms. The molecule has 0 bridgehead atoms. The molecule has 0 fully saturated rings. The van der Waals surface area contributed by atoms with Crippen LogP contribution in [0.2, 0.25) is 0 Å². The summed E-state index contributed by atoms with van der Waals surface area (Å²) in [5.41, 5.74) is 0. The van der Waals surface area contributed by atoms with Gasteiger partial charge in [0, 0.05) is 0 Å². The SMILES string of the molecule is ClCC(Cl)Cl.F. The molecule has 0 aliphatic carbocycles. The molecular formula is C2H4Cl3F. The number of rotatable bonds is 1. The summed E-state index contributed by atoms with van der Waals surface area (Å²) in [5, 5.41) is 0. The maximum absolute atomic E-state index is 5.10. The molecule has 0 rings (SSSR count). The van der Waals surface area contributed by atoms with Crippen LogP contribution in [0.5, 0.6) is 0 Å². The Morgan fingerprint density at radius 2 is 1.50 bits per heavy atom. The summed E-state index contributed by atoms with van der Waals surface area (Å²) in [4.78, 5) is -0.406. The molecule has 0 aliphatic heterocycles. The van der Waals surface area contributed by atoms with Crippen molar-refractivity contribution in [3.63, 3.8) is 0 Å². The number of hydrogen-bond donors (Lipinski definition) is 0. The normalized spacial score (nSPS) is 8.00. The van der Waals surface area contributed by atoms with Gasteiger partial charge < -0.3 is 0 Å². The van der Waals surface area contributed by atoms with E-state index in [0.29, 0.717) is 5.88 Å². The maximum Gasteiger partial charge on any atom is 0.121 e. The first kappa shape index (κ1) is 9.93. The monoisotopic (exact) mass is 152 g/mol. The molecule has 40 valence electrons. The Morgan fingerprint density at radius 3 is 1.50 bits per heavy atom. The highest BCUT2D eigenvalue weighted by Gasteiger charge is 1.88. The summed E-state index contributed by atoms with van der Waals surface area (Å²) in [5.74, 6) is 0.309. The van der Waals surface area contributed by atoms with Crippen molar-refractivity contribution in [2.24, 2.45) is 0 Å². The van der Waals surface area contributed by atoms with Crippen molar-refractivity contribution in [2.75, 3.05) is 5.88 Å². The van der Waals surface area contributed by atoms with E-state index in [1.165, 1.54) is 0 Å². The molecule has 0 aliphatic rings.